The van der Waals surface area contributed by atoms with Crippen LogP contribution in [0.2, 0.25) is 0 Å². The van der Waals surface area contributed by atoms with Gasteiger partial charge in [0, 0.05) is 20.3 Å². The quantitative estimate of drug-likeness (QED) is 0.152. The molecule has 5 rings (SSSR count). The molecule has 2 aliphatic rings. The highest BCUT2D eigenvalue weighted by atomic mass is 16.8. The van der Waals surface area contributed by atoms with Crippen LogP contribution in [0.1, 0.15) is 37.0 Å². The van der Waals surface area contributed by atoms with E-state index in [0.717, 1.165) is 0 Å². The lowest BCUT2D eigenvalue weighted by Gasteiger charge is -2.45. The number of hydrogen-bond donors (Lipinski definition) is 1. The zero-order valence-electron chi connectivity index (χ0n) is 26.8. The molecule has 0 radical (unpaired) electrons. The van der Waals surface area contributed by atoms with E-state index >= 15 is 0 Å². The third-order valence-electron chi connectivity index (χ3n) is 8.10. The molecule has 2 heterocycles. The fourth-order valence-corrected chi connectivity index (χ4v) is 6.22. The van der Waals surface area contributed by atoms with Crippen molar-refractivity contribution >= 4 is 23.9 Å². The first-order chi connectivity index (χ1) is 23.0. The van der Waals surface area contributed by atoms with Gasteiger partial charge in [0.15, 0.2) is 18.3 Å². The number of carboxylic acids is 1. The maximum absolute atomic E-state index is 13.2. The minimum absolute atomic E-state index is 0.00403. The van der Waals surface area contributed by atoms with Gasteiger partial charge in [-0.25, -0.2) is 9.59 Å². The van der Waals surface area contributed by atoms with E-state index in [4.69, 9.17) is 43.0 Å². The Morgan fingerprint density at radius 2 is 1.33 bits per heavy atom. The van der Waals surface area contributed by atoms with Gasteiger partial charge in [0.2, 0.25) is 0 Å². The SMILES string of the molecule is COc1ccc(C(O[C@@H]2[C@H](OC(C)=O)[C@H]3C[C@H](OC(C)=O)C2(OC(=O)COCC(=O)O)O3)(c2ccccc2)c2ccc(OC)cc2)cc1. The Morgan fingerprint density at radius 3 is 1.83 bits per heavy atom. The molecule has 254 valence electrons. The summed E-state index contributed by atoms with van der Waals surface area (Å²) in [6, 6.07) is 23.5. The highest BCUT2D eigenvalue weighted by Crippen LogP contribution is 2.53. The van der Waals surface area contributed by atoms with Gasteiger partial charge >= 0.3 is 23.9 Å². The number of esters is 3. The Labute approximate surface area is 276 Å². The zero-order chi connectivity index (χ0) is 34.5. The van der Waals surface area contributed by atoms with Crippen LogP contribution >= 0.6 is 0 Å². The Morgan fingerprint density at radius 1 is 0.792 bits per heavy atom. The lowest BCUT2D eigenvalue weighted by atomic mass is 9.78. The van der Waals surface area contributed by atoms with Crippen molar-refractivity contribution < 1.29 is 62.2 Å². The summed E-state index contributed by atoms with van der Waals surface area (Å²) in [6.45, 7) is 0.893. The maximum Gasteiger partial charge on any atom is 0.334 e. The second kappa shape index (κ2) is 14.4. The molecule has 48 heavy (non-hydrogen) atoms. The Balaban J connectivity index is 1.72. The van der Waals surface area contributed by atoms with Gasteiger partial charge in [-0.2, -0.15) is 0 Å². The number of benzene rings is 3. The standard InChI is InChI=1S/C35H36O13/c1-21(36)44-29-18-28-32(45-22(2)37)33(35(29,46-28)47-31(40)20-43-19-30(38)39)48-34(23-8-6-5-7-9-23,24-10-14-26(41-3)15-11-24)25-12-16-27(42-4)17-13-25/h5-17,28-29,32-33H,18-20H2,1-4H3,(H,38,39)/t28-,29+,32-,33-,35?/m1/s1. The first kappa shape index (κ1) is 34.4. The lowest BCUT2D eigenvalue weighted by Crippen LogP contribution is -2.61. The number of carbonyl (C=O) groups is 4. The number of carboxylic acid groups (broad SMARTS) is 1. The van der Waals surface area contributed by atoms with Gasteiger partial charge in [-0.1, -0.05) is 54.6 Å². The Hall–Kier alpha value is -4.98. The second-order valence-electron chi connectivity index (χ2n) is 11.2. The number of aliphatic carboxylic acids is 1. The van der Waals surface area contributed by atoms with E-state index in [1.807, 2.05) is 54.6 Å². The van der Waals surface area contributed by atoms with Crippen molar-refractivity contribution in [3.8, 4) is 11.5 Å². The monoisotopic (exact) mass is 664 g/mol. The molecule has 2 aliphatic heterocycles. The highest BCUT2D eigenvalue weighted by Gasteiger charge is 2.73. The topological polar surface area (TPSA) is 162 Å². The maximum atomic E-state index is 13.2. The van der Waals surface area contributed by atoms with Crippen molar-refractivity contribution in [1.82, 2.24) is 0 Å². The van der Waals surface area contributed by atoms with Crippen LogP contribution in [-0.2, 0) is 53.2 Å². The summed E-state index contributed by atoms with van der Waals surface area (Å²) >= 11 is 0. The molecule has 3 aromatic carbocycles. The molecule has 2 fully saturated rings. The van der Waals surface area contributed by atoms with E-state index in [2.05, 4.69) is 0 Å². The van der Waals surface area contributed by atoms with Crippen LogP contribution in [0.25, 0.3) is 0 Å². The van der Waals surface area contributed by atoms with E-state index in [0.29, 0.717) is 28.2 Å². The van der Waals surface area contributed by atoms with Crippen LogP contribution in [0.15, 0.2) is 78.9 Å². The largest absolute Gasteiger partial charge is 0.497 e. The molecule has 1 N–H and O–H groups in total. The smallest absolute Gasteiger partial charge is 0.334 e. The molecule has 5 atom stereocenters. The number of rotatable bonds is 14. The van der Waals surface area contributed by atoms with Crippen molar-refractivity contribution in [2.24, 2.45) is 0 Å². The van der Waals surface area contributed by atoms with Crippen molar-refractivity contribution in [3.05, 3.63) is 95.6 Å². The summed E-state index contributed by atoms with van der Waals surface area (Å²) in [4.78, 5) is 49.1. The average molecular weight is 665 g/mol. The predicted octanol–water partition coefficient (Wildman–Crippen LogP) is 3.39. The van der Waals surface area contributed by atoms with Gasteiger partial charge in [0.25, 0.3) is 5.79 Å². The summed E-state index contributed by atoms with van der Waals surface area (Å²) in [5.41, 5.74) is 0.357. The van der Waals surface area contributed by atoms with Crippen molar-refractivity contribution in [2.45, 2.75) is 56.1 Å². The predicted molar refractivity (Wildman–Crippen MR) is 165 cm³/mol. The van der Waals surface area contributed by atoms with Gasteiger partial charge in [0.05, 0.1) is 14.2 Å². The zero-order valence-corrected chi connectivity index (χ0v) is 26.8. The molecule has 3 aromatic rings. The van der Waals surface area contributed by atoms with Gasteiger partial charge < -0.3 is 43.0 Å². The van der Waals surface area contributed by atoms with E-state index < -0.39 is 72.9 Å². The number of methoxy groups -OCH3 is 2. The Bertz CT molecular complexity index is 1560. The summed E-state index contributed by atoms with van der Waals surface area (Å²) in [5.74, 6) is -4.63. The molecular formula is C35H36O13. The molecular weight excluding hydrogens is 628 g/mol. The van der Waals surface area contributed by atoms with Gasteiger partial charge in [0.1, 0.15) is 36.4 Å². The van der Waals surface area contributed by atoms with E-state index in [-0.39, 0.29) is 6.42 Å². The van der Waals surface area contributed by atoms with Crippen molar-refractivity contribution in [2.75, 3.05) is 27.4 Å². The van der Waals surface area contributed by atoms with Crippen LogP contribution < -0.4 is 9.47 Å². The first-order valence-corrected chi connectivity index (χ1v) is 15.1. The molecule has 0 amide bonds. The Kier molecular flexibility index (Phi) is 10.3. The van der Waals surface area contributed by atoms with Crippen LogP contribution in [0.4, 0.5) is 0 Å². The number of carbonyl (C=O) groups excluding carboxylic acids is 3. The van der Waals surface area contributed by atoms with E-state index in [1.165, 1.54) is 13.8 Å². The first-order valence-electron chi connectivity index (χ1n) is 15.1. The number of ether oxygens (including phenoxy) is 8. The number of fused-ring (bicyclic) bond motifs is 2. The number of hydrogen-bond acceptors (Lipinski definition) is 12. The lowest BCUT2D eigenvalue weighted by molar-refractivity contribution is -0.285. The molecule has 2 saturated heterocycles. The molecule has 0 aromatic heterocycles. The van der Waals surface area contributed by atoms with Crippen LogP contribution in [0.5, 0.6) is 11.5 Å². The fourth-order valence-electron chi connectivity index (χ4n) is 6.22. The fraction of sp³-hybridized carbons (Fsp3) is 0.371. The van der Waals surface area contributed by atoms with Crippen molar-refractivity contribution in [3.63, 3.8) is 0 Å². The van der Waals surface area contributed by atoms with Gasteiger partial charge in [-0.05, 0) is 41.0 Å². The molecule has 13 heteroatoms. The van der Waals surface area contributed by atoms with Gasteiger partial charge in [-0.15, -0.1) is 0 Å². The van der Waals surface area contributed by atoms with Crippen LogP contribution in [-0.4, -0.2) is 86.6 Å². The third kappa shape index (κ3) is 6.84. The molecule has 13 nitrogen and oxygen atoms in total. The van der Waals surface area contributed by atoms with E-state index in [9.17, 15) is 19.2 Å². The van der Waals surface area contributed by atoms with Crippen molar-refractivity contribution in [1.29, 1.82) is 0 Å². The normalized spacial score (nSPS) is 22.8. The summed E-state index contributed by atoms with van der Waals surface area (Å²) in [5, 5.41) is 8.99. The summed E-state index contributed by atoms with van der Waals surface area (Å²) in [7, 11) is 3.09. The molecule has 1 unspecified atom stereocenters. The minimum Gasteiger partial charge on any atom is -0.497 e. The van der Waals surface area contributed by atoms with Crippen LogP contribution in [0, 0.1) is 0 Å². The molecule has 2 bridgehead atoms. The molecule has 0 aliphatic carbocycles. The minimum atomic E-state index is -2.14. The van der Waals surface area contributed by atoms with E-state index in [1.54, 1.807) is 38.5 Å². The average Bonchev–Trinajstić information content (AvgIpc) is 3.55. The second-order valence-corrected chi connectivity index (χ2v) is 11.2. The summed E-state index contributed by atoms with van der Waals surface area (Å²) in [6.07, 6.45) is -4.65. The summed E-state index contributed by atoms with van der Waals surface area (Å²) < 4.78 is 46.7. The highest BCUT2D eigenvalue weighted by molar-refractivity contribution is 5.73. The molecule has 0 saturated carbocycles. The third-order valence-corrected chi connectivity index (χ3v) is 8.10. The van der Waals surface area contributed by atoms with Crippen LogP contribution in [0.3, 0.4) is 0 Å². The molecule has 0 spiro atoms. The van der Waals surface area contributed by atoms with Gasteiger partial charge in [-0.3, -0.25) is 9.59 Å².